The number of hydrogen-bond acceptors (Lipinski definition) is 3. The summed E-state index contributed by atoms with van der Waals surface area (Å²) in [4.78, 5) is 12.1. The number of amides is 1. The molecule has 136 valence electrons. The molecular weight excluding hydrogens is 354 g/mol. The lowest BCUT2D eigenvalue weighted by Gasteiger charge is -2.31. The minimum absolute atomic E-state index is 0. The minimum atomic E-state index is -0.662. The maximum atomic E-state index is 14.2. The highest BCUT2D eigenvalue weighted by molar-refractivity contribution is 7.98. The second kappa shape index (κ2) is 9.59. The van der Waals surface area contributed by atoms with Gasteiger partial charge >= 0.3 is 0 Å². The summed E-state index contributed by atoms with van der Waals surface area (Å²) in [5.74, 6) is -0.510. The lowest BCUT2D eigenvalue weighted by Crippen LogP contribution is -2.46. The molecule has 0 bridgehead atoms. The van der Waals surface area contributed by atoms with Gasteiger partial charge in [0.25, 0.3) is 0 Å². The SMILES string of the molecule is CSCC[C@H](N)C(=O)NCC1(c2c(F)cccc2F)CCCC1.Cl. The van der Waals surface area contributed by atoms with E-state index in [4.69, 9.17) is 5.73 Å². The van der Waals surface area contributed by atoms with E-state index in [1.54, 1.807) is 11.8 Å². The summed E-state index contributed by atoms with van der Waals surface area (Å²) in [5.41, 5.74) is 5.30. The molecule has 0 unspecified atom stereocenters. The van der Waals surface area contributed by atoms with Gasteiger partial charge in [-0.25, -0.2) is 8.78 Å². The van der Waals surface area contributed by atoms with Crippen LogP contribution in [0.3, 0.4) is 0 Å². The van der Waals surface area contributed by atoms with Crippen molar-refractivity contribution in [2.45, 2.75) is 43.6 Å². The maximum Gasteiger partial charge on any atom is 0.236 e. The number of nitrogens with two attached hydrogens (primary N) is 1. The Hall–Kier alpha value is -0.850. The number of nitrogens with one attached hydrogen (secondary N) is 1. The summed E-state index contributed by atoms with van der Waals surface area (Å²) in [6, 6.07) is 3.36. The van der Waals surface area contributed by atoms with E-state index in [-0.39, 0.29) is 30.4 Å². The smallest absolute Gasteiger partial charge is 0.236 e. The van der Waals surface area contributed by atoms with Crippen LogP contribution in [-0.4, -0.2) is 30.5 Å². The van der Waals surface area contributed by atoms with Crippen molar-refractivity contribution in [3.8, 4) is 0 Å². The molecule has 1 aliphatic carbocycles. The van der Waals surface area contributed by atoms with E-state index in [2.05, 4.69) is 5.32 Å². The Bertz CT molecular complexity index is 533. The van der Waals surface area contributed by atoms with Crippen LogP contribution in [0.15, 0.2) is 18.2 Å². The fourth-order valence-electron chi connectivity index (χ4n) is 3.33. The van der Waals surface area contributed by atoms with Crippen molar-refractivity contribution in [1.82, 2.24) is 5.32 Å². The zero-order valence-electron chi connectivity index (χ0n) is 13.8. The van der Waals surface area contributed by atoms with Crippen LogP contribution >= 0.6 is 24.2 Å². The van der Waals surface area contributed by atoms with E-state index in [1.165, 1.54) is 18.2 Å². The minimum Gasteiger partial charge on any atom is -0.354 e. The summed E-state index contributed by atoms with van der Waals surface area (Å²) in [6.07, 6.45) is 5.70. The van der Waals surface area contributed by atoms with Gasteiger partial charge < -0.3 is 11.1 Å². The highest BCUT2D eigenvalue weighted by Crippen LogP contribution is 2.42. The van der Waals surface area contributed by atoms with E-state index in [0.29, 0.717) is 19.3 Å². The van der Waals surface area contributed by atoms with Crippen LogP contribution in [0.5, 0.6) is 0 Å². The van der Waals surface area contributed by atoms with Crippen LogP contribution in [0, 0.1) is 11.6 Å². The molecule has 3 N–H and O–H groups in total. The third-order valence-electron chi connectivity index (χ3n) is 4.62. The van der Waals surface area contributed by atoms with Crippen molar-refractivity contribution in [3.05, 3.63) is 35.4 Å². The molecule has 1 atom stereocenters. The molecule has 0 aromatic heterocycles. The zero-order chi connectivity index (χ0) is 16.9. The fraction of sp³-hybridized carbons (Fsp3) is 0.588. The number of thioether (sulfide) groups is 1. The third kappa shape index (κ3) is 4.83. The van der Waals surface area contributed by atoms with Crippen molar-refractivity contribution in [2.24, 2.45) is 5.73 Å². The van der Waals surface area contributed by atoms with Gasteiger partial charge in [0.2, 0.25) is 5.91 Å². The highest BCUT2D eigenvalue weighted by atomic mass is 35.5. The Kier molecular flexibility index (Phi) is 8.46. The molecule has 1 fully saturated rings. The molecule has 0 saturated heterocycles. The Morgan fingerprint density at radius 1 is 1.33 bits per heavy atom. The maximum absolute atomic E-state index is 14.2. The van der Waals surface area contributed by atoms with E-state index >= 15 is 0 Å². The number of carbonyl (C=O) groups is 1. The normalized spacial score (nSPS) is 17.2. The summed E-state index contributed by atoms with van der Waals surface area (Å²) in [6.45, 7) is 0.233. The van der Waals surface area contributed by atoms with Gasteiger partial charge in [0.15, 0.2) is 0 Å². The van der Waals surface area contributed by atoms with Crippen molar-refractivity contribution in [1.29, 1.82) is 0 Å². The Morgan fingerprint density at radius 3 is 2.46 bits per heavy atom. The van der Waals surface area contributed by atoms with E-state index in [0.717, 1.165) is 18.6 Å². The Morgan fingerprint density at radius 2 is 1.92 bits per heavy atom. The van der Waals surface area contributed by atoms with Crippen LogP contribution in [0.4, 0.5) is 8.78 Å². The second-order valence-corrected chi connectivity index (χ2v) is 7.18. The molecular formula is C17H25ClF2N2OS. The molecule has 0 heterocycles. The standard InChI is InChI=1S/C17H24F2N2OS.ClH/c1-23-10-7-14(20)16(22)21-11-17(8-2-3-9-17)15-12(18)5-4-6-13(15)19;/h4-6,14H,2-3,7-11,20H2,1H3,(H,21,22);1H/t14-;/m0./s1. The number of rotatable bonds is 7. The lowest BCUT2D eigenvalue weighted by molar-refractivity contribution is -0.122. The first kappa shape index (κ1) is 21.2. The van der Waals surface area contributed by atoms with E-state index in [9.17, 15) is 13.6 Å². The number of benzene rings is 1. The second-order valence-electron chi connectivity index (χ2n) is 6.19. The van der Waals surface area contributed by atoms with Crippen molar-refractivity contribution < 1.29 is 13.6 Å². The predicted molar refractivity (Wildman–Crippen MR) is 97.7 cm³/mol. The van der Waals surface area contributed by atoms with Crippen LogP contribution in [0.2, 0.25) is 0 Å². The first-order valence-electron chi connectivity index (χ1n) is 7.97. The summed E-state index contributed by atoms with van der Waals surface area (Å²) >= 11 is 1.63. The largest absolute Gasteiger partial charge is 0.354 e. The van der Waals surface area contributed by atoms with Gasteiger partial charge in [-0.3, -0.25) is 4.79 Å². The first-order chi connectivity index (χ1) is 11.0. The monoisotopic (exact) mass is 378 g/mol. The van der Waals surface area contributed by atoms with E-state index in [1.807, 2.05) is 6.26 Å². The van der Waals surface area contributed by atoms with Crippen molar-refractivity contribution in [3.63, 3.8) is 0 Å². The molecule has 7 heteroatoms. The van der Waals surface area contributed by atoms with Gasteiger partial charge in [-0.15, -0.1) is 12.4 Å². The number of halogens is 3. The zero-order valence-corrected chi connectivity index (χ0v) is 15.5. The molecule has 0 aliphatic heterocycles. The molecule has 1 aromatic rings. The molecule has 1 saturated carbocycles. The predicted octanol–water partition coefficient (Wildman–Crippen LogP) is 3.40. The van der Waals surface area contributed by atoms with Gasteiger partial charge in [0.05, 0.1) is 6.04 Å². The van der Waals surface area contributed by atoms with Crippen molar-refractivity contribution in [2.75, 3.05) is 18.6 Å². The van der Waals surface area contributed by atoms with Gasteiger partial charge in [0.1, 0.15) is 11.6 Å². The molecule has 0 radical (unpaired) electrons. The van der Waals surface area contributed by atoms with Gasteiger partial charge in [-0.05, 0) is 43.4 Å². The first-order valence-corrected chi connectivity index (χ1v) is 9.36. The quantitative estimate of drug-likeness (QED) is 0.764. The van der Waals surface area contributed by atoms with Crippen LogP contribution in [0.1, 0.15) is 37.7 Å². The fourth-order valence-corrected chi connectivity index (χ4v) is 3.82. The molecule has 2 rings (SSSR count). The van der Waals surface area contributed by atoms with Gasteiger partial charge in [-0.2, -0.15) is 11.8 Å². The molecule has 1 amide bonds. The summed E-state index contributed by atoms with van der Waals surface area (Å²) in [5, 5.41) is 2.82. The lowest BCUT2D eigenvalue weighted by atomic mass is 9.78. The molecule has 0 spiro atoms. The molecule has 1 aromatic carbocycles. The number of hydrogen-bond donors (Lipinski definition) is 2. The van der Waals surface area contributed by atoms with Gasteiger partial charge in [-0.1, -0.05) is 18.9 Å². The summed E-state index contributed by atoms with van der Waals surface area (Å²) < 4.78 is 28.4. The van der Waals surface area contributed by atoms with Gasteiger partial charge in [0, 0.05) is 17.5 Å². The topological polar surface area (TPSA) is 55.1 Å². The molecule has 24 heavy (non-hydrogen) atoms. The summed E-state index contributed by atoms with van der Waals surface area (Å²) in [7, 11) is 0. The van der Waals surface area contributed by atoms with Crippen LogP contribution in [-0.2, 0) is 10.2 Å². The Balaban J connectivity index is 0.00000288. The van der Waals surface area contributed by atoms with E-state index < -0.39 is 23.1 Å². The average molecular weight is 379 g/mol. The average Bonchev–Trinajstić information content (AvgIpc) is 2.99. The van der Waals surface area contributed by atoms with Crippen LogP contribution in [0.25, 0.3) is 0 Å². The molecule has 1 aliphatic rings. The number of carbonyl (C=O) groups excluding carboxylic acids is 1. The highest BCUT2D eigenvalue weighted by Gasteiger charge is 2.40. The Labute approximate surface area is 152 Å². The van der Waals surface area contributed by atoms with Crippen molar-refractivity contribution >= 4 is 30.1 Å². The third-order valence-corrected chi connectivity index (χ3v) is 5.27. The van der Waals surface area contributed by atoms with Crippen LogP contribution < -0.4 is 11.1 Å². The molecule has 3 nitrogen and oxygen atoms in total.